The first-order chi connectivity index (χ1) is 9.68. The maximum absolute atomic E-state index is 13.1. The van der Waals surface area contributed by atoms with Crippen LogP contribution in [-0.4, -0.2) is 18.0 Å². The lowest BCUT2D eigenvalue weighted by Crippen LogP contribution is -2.07. The van der Waals surface area contributed by atoms with Gasteiger partial charge >= 0.3 is 0 Å². The smallest absolute Gasteiger partial charge is 0.280 e. The zero-order valence-corrected chi connectivity index (χ0v) is 13.5. The van der Waals surface area contributed by atoms with Crippen molar-refractivity contribution in [3.63, 3.8) is 0 Å². The summed E-state index contributed by atoms with van der Waals surface area (Å²) in [5, 5.41) is -0.160. The van der Waals surface area contributed by atoms with Crippen molar-refractivity contribution in [1.29, 1.82) is 0 Å². The third-order valence-electron chi connectivity index (χ3n) is 3.20. The molecule has 0 unspecified atom stereocenters. The normalized spacial score (nSPS) is 12.1. The van der Waals surface area contributed by atoms with Crippen LogP contribution in [0.5, 0.6) is 0 Å². The van der Waals surface area contributed by atoms with E-state index in [1.807, 2.05) is 20.8 Å². The maximum atomic E-state index is 13.1. The van der Waals surface area contributed by atoms with Crippen LogP contribution >= 0.6 is 10.7 Å². The molecule has 4 nitrogen and oxygen atoms in total. The predicted octanol–water partition coefficient (Wildman–Crippen LogP) is 3.43. The highest BCUT2D eigenvalue weighted by atomic mass is 35.7. The minimum atomic E-state index is -3.87. The molecule has 0 radical (unpaired) electrons. The Morgan fingerprint density at radius 1 is 1.38 bits per heavy atom. The Balaban J connectivity index is 2.45. The molecule has 0 aliphatic heterocycles. The van der Waals surface area contributed by atoms with Crippen LogP contribution in [0.1, 0.15) is 36.7 Å². The van der Waals surface area contributed by atoms with Crippen molar-refractivity contribution in [3.8, 4) is 0 Å². The zero-order chi connectivity index (χ0) is 15.8. The van der Waals surface area contributed by atoms with Crippen molar-refractivity contribution in [2.45, 2.75) is 38.3 Å². The second-order valence-corrected chi connectivity index (χ2v) is 7.74. The van der Waals surface area contributed by atoms with Crippen molar-refractivity contribution in [2.75, 3.05) is 0 Å². The molecule has 0 saturated heterocycles. The first-order valence-corrected chi connectivity index (χ1v) is 8.76. The van der Waals surface area contributed by atoms with E-state index in [2.05, 4.69) is 4.98 Å². The zero-order valence-electron chi connectivity index (χ0n) is 12.0. The lowest BCUT2D eigenvalue weighted by molar-refractivity contribution is 0.606. The summed E-state index contributed by atoms with van der Waals surface area (Å²) < 4.78 is 37.7. The highest BCUT2D eigenvalue weighted by Gasteiger charge is 2.19. The molecule has 0 spiro atoms. The number of imidazole rings is 1. The van der Waals surface area contributed by atoms with Gasteiger partial charge < -0.3 is 4.57 Å². The van der Waals surface area contributed by atoms with Gasteiger partial charge in [0.1, 0.15) is 11.6 Å². The molecule has 0 atom stereocenters. The number of aryl methyl sites for hydroxylation is 1. The first-order valence-electron chi connectivity index (χ1n) is 6.45. The highest BCUT2D eigenvalue weighted by Crippen LogP contribution is 2.22. The lowest BCUT2D eigenvalue weighted by Gasteiger charge is -2.12. The number of halogens is 2. The van der Waals surface area contributed by atoms with E-state index in [9.17, 15) is 12.8 Å². The summed E-state index contributed by atoms with van der Waals surface area (Å²) in [7, 11) is 1.48. The molecule has 0 amide bonds. The third kappa shape index (κ3) is 3.63. The fraction of sp³-hybridized carbons (Fsp3) is 0.357. The molecule has 2 rings (SSSR count). The van der Waals surface area contributed by atoms with Crippen LogP contribution in [-0.2, 0) is 15.6 Å². The largest absolute Gasteiger partial charge is 0.329 e. The van der Waals surface area contributed by atoms with Crippen LogP contribution in [0.15, 0.2) is 29.4 Å². The van der Waals surface area contributed by atoms with E-state index < -0.39 is 9.05 Å². The van der Waals surface area contributed by atoms with Crippen molar-refractivity contribution in [1.82, 2.24) is 9.55 Å². The molecule has 0 aliphatic rings. The number of hydrogen-bond acceptors (Lipinski definition) is 3. The lowest BCUT2D eigenvalue weighted by atomic mass is 10.1. The molecule has 1 aromatic carbocycles. The van der Waals surface area contributed by atoms with E-state index in [4.69, 9.17) is 10.7 Å². The van der Waals surface area contributed by atoms with E-state index in [0.29, 0.717) is 12.4 Å². The van der Waals surface area contributed by atoms with E-state index >= 15 is 0 Å². The number of aromatic nitrogens is 2. The summed E-state index contributed by atoms with van der Waals surface area (Å²) in [4.78, 5) is 4.09. The molecule has 1 aromatic heterocycles. The maximum Gasteiger partial charge on any atom is 0.280 e. The summed E-state index contributed by atoms with van der Waals surface area (Å²) in [6.45, 7) is 6.06. The number of benzene rings is 1. The average Bonchev–Trinajstić information content (AvgIpc) is 2.76. The van der Waals surface area contributed by atoms with Gasteiger partial charge in [-0.2, -0.15) is 0 Å². The molecule has 2 aromatic rings. The summed E-state index contributed by atoms with van der Waals surface area (Å²) in [6.07, 6.45) is 1.42. The standard InChI is InChI=1S/C14H16ClFN2O2S/c1-9(2)14-17-13(21(15,19)20)8-18(14)7-11-4-5-12(16)6-10(11)3/h4-6,8-9H,7H2,1-3H3. The van der Waals surface area contributed by atoms with E-state index in [0.717, 1.165) is 11.1 Å². The highest BCUT2D eigenvalue weighted by molar-refractivity contribution is 8.13. The fourth-order valence-corrected chi connectivity index (χ4v) is 2.81. The molecule has 7 heteroatoms. The topological polar surface area (TPSA) is 52.0 Å². The number of nitrogens with zero attached hydrogens (tertiary/aromatic N) is 2. The number of rotatable bonds is 4. The molecule has 114 valence electrons. The van der Waals surface area contributed by atoms with Gasteiger partial charge in [-0.25, -0.2) is 17.8 Å². The average molecular weight is 331 g/mol. The van der Waals surface area contributed by atoms with Crippen LogP contribution in [0.2, 0.25) is 0 Å². The summed E-state index contributed by atoms with van der Waals surface area (Å²) in [6, 6.07) is 4.51. The van der Waals surface area contributed by atoms with Crippen LogP contribution in [0.3, 0.4) is 0 Å². The summed E-state index contributed by atoms with van der Waals surface area (Å²) in [5.41, 5.74) is 1.70. The van der Waals surface area contributed by atoms with Gasteiger partial charge in [-0.1, -0.05) is 19.9 Å². The van der Waals surface area contributed by atoms with Crippen LogP contribution in [0.25, 0.3) is 0 Å². The van der Waals surface area contributed by atoms with Crippen molar-refractivity contribution < 1.29 is 12.8 Å². The second kappa shape index (κ2) is 5.77. The van der Waals surface area contributed by atoms with E-state index in [1.54, 1.807) is 10.6 Å². The molecule has 21 heavy (non-hydrogen) atoms. The molecule has 0 bridgehead atoms. The molecule has 1 heterocycles. The van der Waals surface area contributed by atoms with Gasteiger partial charge in [0, 0.05) is 29.3 Å². The van der Waals surface area contributed by atoms with Crippen molar-refractivity contribution in [2.24, 2.45) is 0 Å². The molecular formula is C14H16ClFN2O2S. The Morgan fingerprint density at radius 3 is 2.57 bits per heavy atom. The van der Waals surface area contributed by atoms with Gasteiger partial charge in [-0.15, -0.1) is 0 Å². The van der Waals surface area contributed by atoms with Gasteiger partial charge in [0.2, 0.25) is 0 Å². The van der Waals surface area contributed by atoms with Gasteiger partial charge in [-0.3, -0.25) is 0 Å². The minimum absolute atomic E-state index is 0.0397. The van der Waals surface area contributed by atoms with Crippen LogP contribution in [0, 0.1) is 12.7 Å². The second-order valence-electron chi connectivity index (χ2n) is 5.23. The molecule has 0 fully saturated rings. The van der Waals surface area contributed by atoms with Gasteiger partial charge in [0.25, 0.3) is 9.05 Å². The van der Waals surface area contributed by atoms with Crippen LogP contribution < -0.4 is 0 Å². The summed E-state index contributed by atoms with van der Waals surface area (Å²) >= 11 is 0. The molecular weight excluding hydrogens is 315 g/mol. The molecule has 0 aliphatic carbocycles. The quantitative estimate of drug-likeness (QED) is 0.807. The number of hydrogen-bond donors (Lipinski definition) is 0. The summed E-state index contributed by atoms with van der Waals surface area (Å²) in [5.74, 6) is 0.367. The van der Waals surface area contributed by atoms with Gasteiger partial charge in [0.05, 0.1) is 0 Å². The Kier molecular flexibility index (Phi) is 4.39. The van der Waals surface area contributed by atoms with Gasteiger partial charge in [-0.05, 0) is 30.2 Å². The van der Waals surface area contributed by atoms with Crippen LogP contribution in [0.4, 0.5) is 4.39 Å². The SMILES string of the molecule is Cc1cc(F)ccc1Cn1cc(S(=O)(=O)Cl)nc1C(C)C. The molecule has 0 saturated carbocycles. The predicted molar refractivity (Wildman–Crippen MR) is 79.6 cm³/mol. The Morgan fingerprint density at radius 2 is 2.05 bits per heavy atom. The Hall–Kier alpha value is -1.40. The van der Waals surface area contributed by atoms with Crippen molar-refractivity contribution >= 4 is 19.7 Å². The van der Waals surface area contributed by atoms with E-state index in [-0.39, 0.29) is 16.8 Å². The van der Waals surface area contributed by atoms with Gasteiger partial charge in [0.15, 0.2) is 5.03 Å². The minimum Gasteiger partial charge on any atom is -0.329 e. The third-order valence-corrected chi connectivity index (χ3v) is 4.37. The Labute approximate surface area is 128 Å². The first kappa shape index (κ1) is 16.0. The Bertz CT molecular complexity index is 769. The van der Waals surface area contributed by atoms with E-state index in [1.165, 1.54) is 18.3 Å². The fourth-order valence-electron chi connectivity index (χ4n) is 2.13. The molecule has 0 N–H and O–H groups in total. The monoisotopic (exact) mass is 330 g/mol. The van der Waals surface area contributed by atoms with Crippen molar-refractivity contribution in [3.05, 3.63) is 47.2 Å².